The van der Waals surface area contributed by atoms with Gasteiger partial charge >= 0.3 is 0 Å². The minimum absolute atomic E-state index is 0.158. The van der Waals surface area contributed by atoms with Crippen molar-refractivity contribution < 1.29 is 17.9 Å². The number of hydrogen-bond acceptors (Lipinski definition) is 5. The predicted molar refractivity (Wildman–Crippen MR) is 124 cm³/mol. The van der Waals surface area contributed by atoms with Gasteiger partial charge in [-0.15, -0.1) is 0 Å². The molecule has 1 aromatic heterocycles. The molecule has 1 aliphatic heterocycles. The van der Waals surface area contributed by atoms with Gasteiger partial charge in [0.2, 0.25) is 0 Å². The number of nitrogens with zero attached hydrogens (tertiary/aromatic N) is 2. The summed E-state index contributed by atoms with van der Waals surface area (Å²) >= 11 is 0. The number of benzene rings is 2. The van der Waals surface area contributed by atoms with Crippen molar-refractivity contribution in [3.63, 3.8) is 0 Å². The van der Waals surface area contributed by atoms with Gasteiger partial charge < -0.3 is 9.64 Å². The molecule has 2 aromatic carbocycles. The van der Waals surface area contributed by atoms with Crippen LogP contribution in [0.3, 0.4) is 0 Å². The van der Waals surface area contributed by atoms with Gasteiger partial charge in [0, 0.05) is 24.6 Å². The maximum Gasteiger partial charge on any atom is 0.261 e. The molecule has 0 unspecified atom stereocenters. The van der Waals surface area contributed by atoms with Gasteiger partial charge in [0.15, 0.2) is 0 Å². The molecule has 8 heteroatoms. The van der Waals surface area contributed by atoms with Gasteiger partial charge in [0.1, 0.15) is 5.75 Å². The average molecular weight is 452 g/mol. The Bertz CT molecular complexity index is 1250. The third-order valence-electron chi connectivity index (χ3n) is 5.42. The lowest BCUT2D eigenvalue weighted by Gasteiger charge is -2.18. The van der Waals surface area contributed by atoms with E-state index in [0.29, 0.717) is 42.3 Å². The summed E-state index contributed by atoms with van der Waals surface area (Å²) in [7, 11) is -3.82. The van der Waals surface area contributed by atoms with Crippen LogP contribution in [-0.4, -0.2) is 32.5 Å². The van der Waals surface area contributed by atoms with Crippen molar-refractivity contribution in [3.05, 3.63) is 77.1 Å². The molecule has 0 spiro atoms. The number of pyridine rings is 1. The molecule has 1 aliphatic rings. The van der Waals surface area contributed by atoms with Crippen molar-refractivity contribution in [2.75, 3.05) is 22.8 Å². The summed E-state index contributed by atoms with van der Waals surface area (Å²) in [6.07, 6.45) is 3.86. The lowest BCUT2D eigenvalue weighted by Crippen LogP contribution is -2.29. The van der Waals surface area contributed by atoms with Gasteiger partial charge in [-0.3, -0.25) is 14.5 Å². The number of amides is 1. The number of aryl methyl sites for hydroxylation is 2. The van der Waals surface area contributed by atoms with E-state index < -0.39 is 10.0 Å². The third-order valence-corrected chi connectivity index (χ3v) is 6.78. The van der Waals surface area contributed by atoms with E-state index >= 15 is 0 Å². The van der Waals surface area contributed by atoms with Crippen molar-refractivity contribution in [3.8, 4) is 5.75 Å². The number of nitrogens with one attached hydrogen (secondary N) is 1. The van der Waals surface area contributed by atoms with Gasteiger partial charge in [-0.05, 0) is 80.3 Å². The molecule has 4 rings (SSSR count). The molecule has 166 valence electrons. The van der Waals surface area contributed by atoms with Crippen LogP contribution >= 0.6 is 0 Å². The number of sulfonamides is 1. The van der Waals surface area contributed by atoms with Crippen LogP contribution in [0, 0.1) is 13.8 Å². The predicted octanol–water partition coefficient (Wildman–Crippen LogP) is 4.10. The van der Waals surface area contributed by atoms with E-state index in [1.54, 1.807) is 47.5 Å². The maximum atomic E-state index is 13.1. The third kappa shape index (κ3) is 4.18. The van der Waals surface area contributed by atoms with Crippen LogP contribution in [0.5, 0.6) is 5.75 Å². The smallest absolute Gasteiger partial charge is 0.261 e. The number of carbonyl (C=O) groups is 1. The SMILES string of the molecule is CCOc1c(C)cc(S(=O)(=O)Nc2ccc3c(c2)N(C(=O)c2cccnc2)CC3)cc1C. The van der Waals surface area contributed by atoms with Crippen LogP contribution in [0.15, 0.2) is 59.8 Å². The Balaban J connectivity index is 1.62. The Morgan fingerprint density at radius 3 is 2.56 bits per heavy atom. The summed E-state index contributed by atoms with van der Waals surface area (Å²) in [5, 5.41) is 0. The summed E-state index contributed by atoms with van der Waals surface area (Å²) in [5.41, 5.74) is 4.12. The zero-order valence-electron chi connectivity index (χ0n) is 18.3. The molecular weight excluding hydrogens is 426 g/mol. The second kappa shape index (κ2) is 8.63. The normalized spacial score (nSPS) is 13.0. The molecule has 7 nitrogen and oxygen atoms in total. The summed E-state index contributed by atoms with van der Waals surface area (Å²) in [4.78, 5) is 18.8. The molecule has 1 N–H and O–H groups in total. The maximum absolute atomic E-state index is 13.1. The monoisotopic (exact) mass is 451 g/mol. The van der Waals surface area contributed by atoms with Crippen LogP contribution in [0.1, 0.15) is 34.0 Å². The molecular formula is C24H25N3O4S. The van der Waals surface area contributed by atoms with Crippen molar-refractivity contribution in [2.24, 2.45) is 0 Å². The first-order chi connectivity index (χ1) is 15.3. The Morgan fingerprint density at radius 2 is 1.91 bits per heavy atom. The lowest BCUT2D eigenvalue weighted by atomic mass is 10.1. The van der Waals surface area contributed by atoms with Crippen molar-refractivity contribution >= 4 is 27.3 Å². The highest BCUT2D eigenvalue weighted by atomic mass is 32.2. The topological polar surface area (TPSA) is 88.6 Å². The summed E-state index contributed by atoms with van der Waals surface area (Å²) in [6, 6.07) is 11.9. The van der Waals surface area contributed by atoms with Gasteiger partial charge in [0.05, 0.1) is 22.8 Å². The molecule has 1 amide bonds. The Hall–Kier alpha value is -3.39. The highest BCUT2D eigenvalue weighted by molar-refractivity contribution is 7.92. The first-order valence-corrected chi connectivity index (χ1v) is 11.9. The number of ether oxygens (including phenoxy) is 1. The number of fused-ring (bicyclic) bond motifs is 1. The fourth-order valence-electron chi connectivity index (χ4n) is 3.95. The molecule has 3 aromatic rings. The van der Waals surface area contributed by atoms with E-state index in [1.807, 2.05) is 26.8 Å². The van der Waals surface area contributed by atoms with Gasteiger partial charge in [-0.1, -0.05) is 6.07 Å². The van der Waals surface area contributed by atoms with Crippen molar-refractivity contribution in [1.82, 2.24) is 4.98 Å². The zero-order valence-corrected chi connectivity index (χ0v) is 19.1. The minimum Gasteiger partial charge on any atom is -0.493 e. The van der Waals surface area contributed by atoms with Crippen molar-refractivity contribution in [2.45, 2.75) is 32.1 Å². The minimum atomic E-state index is -3.82. The number of rotatable bonds is 6. The number of anilines is 2. The van der Waals surface area contributed by atoms with E-state index in [1.165, 1.54) is 6.20 Å². The fraction of sp³-hybridized carbons (Fsp3) is 0.250. The van der Waals surface area contributed by atoms with Crippen LogP contribution < -0.4 is 14.4 Å². The summed E-state index contributed by atoms with van der Waals surface area (Å²) in [6.45, 7) is 6.59. The molecule has 2 heterocycles. The Morgan fingerprint density at radius 1 is 1.16 bits per heavy atom. The second-order valence-corrected chi connectivity index (χ2v) is 9.40. The number of aromatic nitrogens is 1. The Labute approximate surface area is 188 Å². The average Bonchev–Trinajstić information content (AvgIpc) is 3.19. The van der Waals surface area contributed by atoms with Gasteiger partial charge in [0.25, 0.3) is 15.9 Å². The van der Waals surface area contributed by atoms with Crippen molar-refractivity contribution in [1.29, 1.82) is 0 Å². The molecule has 0 saturated heterocycles. The molecule has 0 aliphatic carbocycles. The largest absolute Gasteiger partial charge is 0.493 e. The van der Waals surface area contributed by atoms with Gasteiger partial charge in [-0.25, -0.2) is 8.42 Å². The van der Waals surface area contributed by atoms with Crippen LogP contribution in [0.2, 0.25) is 0 Å². The van der Waals surface area contributed by atoms with Crippen LogP contribution in [-0.2, 0) is 16.4 Å². The molecule has 0 fully saturated rings. The van der Waals surface area contributed by atoms with E-state index in [-0.39, 0.29) is 10.8 Å². The second-order valence-electron chi connectivity index (χ2n) is 7.72. The van der Waals surface area contributed by atoms with E-state index in [9.17, 15) is 13.2 Å². The summed E-state index contributed by atoms with van der Waals surface area (Å²) in [5.74, 6) is 0.545. The molecule has 32 heavy (non-hydrogen) atoms. The van der Waals surface area contributed by atoms with E-state index in [2.05, 4.69) is 9.71 Å². The van der Waals surface area contributed by atoms with Gasteiger partial charge in [-0.2, -0.15) is 0 Å². The summed E-state index contributed by atoms with van der Waals surface area (Å²) < 4.78 is 34.4. The zero-order chi connectivity index (χ0) is 22.9. The lowest BCUT2D eigenvalue weighted by molar-refractivity contribution is 0.0989. The standard InChI is InChI=1S/C24H25N3O4S/c1-4-31-23-16(2)12-21(13-17(23)3)32(29,30)26-20-8-7-18-9-11-27(22(18)14-20)24(28)19-6-5-10-25-15-19/h5-8,10,12-15,26H,4,9,11H2,1-3H3. The first kappa shape index (κ1) is 21.8. The molecule has 0 atom stereocenters. The molecule has 0 bridgehead atoms. The van der Waals surface area contributed by atoms with Crippen LogP contribution in [0.4, 0.5) is 11.4 Å². The quantitative estimate of drug-likeness (QED) is 0.610. The van der Waals surface area contributed by atoms with E-state index in [0.717, 1.165) is 16.7 Å². The van der Waals surface area contributed by atoms with Crippen LogP contribution in [0.25, 0.3) is 0 Å². The highest BCUT2D eigenvalue weighted by Crippen LogP contribution is 2.33. The Kier molecular flexibility index (Phi) is 5.88. The fourth-order valence-corrected chi connectivity index (χ4v) is 5.17. The first-order valence-electron chi connectivity index (χ1n) is 10.4. The van der Waals surface area contributed by atoms with E-state index in [4.69, 9.17) is 4.74 Å². The number of hydrogen-bond donors (Lipinski definition) is 1. The molecule has 0 saturated carbocycles. The molecule has 0 radical (unpaired) electrons. The highest BCUT2D eigenvalue weighted by Gasteiger charge is 2.27. The number of carbonyl (C=O) groups excluding carboxylic acids is 1.